The molecule has 0 aliphatic heterocycles. The summed E-state index contributed by atoms with van der Waals surface area (Å²) < 4.78 is 18.8. The molecule has 0 atom stereocenters. The van der Waals surface area contributed by atoms with Crippen LogP contribution in [0, 0.1) is 5.82 Å². The number of benzene rings is 2. The summed E-state index contributed by atoms with van der Waals surface area (Å²) in [5.41, 5.74) is 8.60. The Balaban J connectivity index is 1.58. The van der Waals surface area contributed by atoms with Crippen molar-refractivity contribution in [1.29, 1.82) is 0 Å². The second kappa shape index (κ2) is 10.4. The molecule has 176 valence electrons. The van der Waals surface area contributed by atoms with Gasteiger partial charge in [-0.15, -0.1) is 0 Å². The molecule has 0 radical (unpaired) electrons. The van der Waals surface area contributed by atoms with Gasteiger partial charge in [-0.3, -0.25) is 14.6 Å². The molecule has 0 fully saturated rings. The molecule has 1 aromatic heterocycles. The van der Waals surface area contributed by atoms with Crippen molar-refractivity contribution in [3.05, 3.63) is 71.2 Å². The number of ether oxygens (including phenoxy) is 1. The minimum absolute atomic E-state index is 0.00899. The molecule has 34 heavy (non-hydrogen) atoms. The fraction of sp³-hybridized carbons (Fsp3) is 0.308. The highest BCUT2D eigenvalue weighted by Gasteiger charge is 2.25. The first-order valence-corrected chi connectivity index (χ1v) is 11.4. The number of hydrogen-bond donors (Lipinski definition) is 1. The number of aromatic nitrogens is 1. The maximum atomic E-state index is 13.3. The number of nitrogens with zero attached hydrogens (tertiary/aromatic N) is 2. The van der Waals surface area contributed by atoms with Crippen molar-refractivity contribution in [2.75, 3.05) is 18.1 Å². The van der Waals surface area contributed by atoms with Gasteiger partial charge < -0.3 is 15.4 Å². The van der Waals surface area contributed by atoms with Crippen molar-refractivity contribution in [3.8, 4) is 0 Å². The SMILES string of the molecule is NC(=O)CCN(C(=O)COC(=O)c1c2c(nc3ccccc13)CCCCC2)c1ccc(F)cc1. The van der Waals surface area contributed by atoms with Crippen LogP contribution in [0.4, 0.5) is 10.1 Å². The van der Waals surface area contributed by atoms with Crippen LogP contribution in [0.1, 0.15) is 47.3 Å². The number of pyridine rings is 1. The molecule has 2 N–H and O–H groups in total. The monoisotopic (exact) mass is 463 g/mol. The van der Waals surface area contributed by atoms with E-state index in [9.17, 15) is 18.8 Å². The van der Waals surface area contributed by atoms with Gasteiger partial charge in [-0.2, -0.15) is 0 Å². The van der Waals surface area contributed by atoms with Crippen molar-refractivity contribution in [2.45, 2.75) is 38.5 Å². The minimum atomic E-state index is -0.584. The minimum Gasteiger partial charge on any atom is -0.452 e. The first-order valence-electron chi connectivity index (χ1n) is 11.4. The molecule has 0 bridgehead atoms. The van der Waals surface area contributed by atoms with Crippen LogP contribution in [0.3, 0.4) is 0 Å². The number of para-hydroxylation sites is 1. The van der Waals surface area contributed by atoms with E-state index in [-0.39, 0.29) is 13.0 Å². The van der Waals surface area contributed by atoms with Crippen molar-refractivity contribution in [1.82, 2.24) is 4.98 Å². The zero-order valence-corrected chi connectivity index (χ0v) is 18.8. The summed E-state index contributed by atoms with van der Waals surface area (Å²) in [4.78, 5) is 43.6. The van der Waals surface area contributed by atoms with Crippen molar-refractivity contribution in [2.24, 2.45) is 5.73 Å². The van der Waals surface area contributed by atoms with Gasteiger partial charge >= 0.3 is 5.97 Å². The van der Waals surface area contributed by atoms with Crippen LogP contribution >= 0.6 is 0 Å². The van der Waals surface area contributed by atoms with Gasteiger partial charge in [-0.1, -0.05) is 24.6 Å². The number of rotatable bonds is 7. The molecule has 7 nitrogen and oxygen atoms in total. The number of carbonyl (C=O) groups is 3. The summed E-state index contributed by atoms with van der Waals surface area (Å²) in [6.45, 7) is -0.536. The van der Waals surface area contributed by atoms with Crippen LogP contribution in [0.25, 0.3) is 10.9 Å². The second-order valence-electron chi connectivity index (χ2n) is 8.30. The van der Waals surface area contributed by atoms with E-state index in [1.165, 1.54) is 29.2 Å². The fourth-order valence-corrected chi connectivity index (χ4v) is 4.30. The summed E-state index contributed by atoms with van der Waals surface area (Å²) in [7, 11) is 0. The maximum absolute atomic E-state index is 13.3. The molecule has 2 amide bonds. The summed E-state index contributed by atoms with van der Waals surface area (Å²) in [6, 6.07) is 12.7. The molecule has 0 spiro atoms. The largest absolute Gasteiger partial charge is 0.452 e. The number of amides is 2. The topological polar surface area (TPSA) is 103 Å². The zero-order valence-electron chi connectivity index (χ0n) is 18.8. The van der Waals surface area contributed by atoms with Crippen molar-refractivity contribution >= 4 is 34.4 Å². The van der Waals surface area contributed by atoms with E-state index < -0.39 is 30.2 Å². The summed E-state index contributed by atoms with van der Waals surface area (Å²) in [5.74, 6) is -2.16. The number of aryl methyl sites for hydroxylation is 1. The van der Waals surface area contributed by atoms with Crippen molar-refractivity contribution in [3.63, 3.8) is 0 Å². The Kier molecular flexibility index (Phi) is 7.15. The predicted molar refractivity (Wildman–Crippen MR) is 126 cm³/mol. The van der Waals surface area contributed by atoms with E-state index in [1.807, 2.05) is 24.3 Å². The third-order valence-electron chi connectivity index (χ3n) is 5.97. The van der Waals surface area contributed by atoms with Gasteiger partial charge in [0.05, 0.1) is 11.1 Å². The Bertz CT molecular complexity index is 1230. The van der Waals surface area contributed by atoms with Crippen LogP contribution in [0.5, 0.6) is 0 Å². The van der Waals surface area contributed by atoms with Gasteiger partial charge in [0.15, 0.2) is 6.61 Å². The lowest BCUT2D eigenvalue weighted by Crippen LogP contribution is -2.37. The molecule has 1 aliphatic rings. The molecule has 4 rings (SSSR count). The lowest BCUT2D eigenvalue weighted by Gasteiger charge is -2.22. The molecule has 0 saturated heterocycles. The highest BCUT2D eigenvalue weighted by Crippen LogP contribution is 2.29. The number of primary amides is 1. The van der Waals surface area contributed by atoms with Crippen LogP contribution in [-0.4, -0.2) is 35.9 Å². The Hall–Kier alpha value is -3.81. The van der Waals surface area contributed by atoms with E-state index in [2.05, 4.69) is 0 Å². The average Bonchev–Trinajstić information content (AvgIpc) is 3.07. The molecule has 3 aromatic rings. The Morgan fingerprint density at radius 3 is 2.50 bits per heavy atom. The van der Waals surface area contributed by atoms with Crippen LogP contribution < -0.4 is 10.6 Å². The Morgan fingerprint density at radius 2 is 1.74 bits per heavy atom. The number of carbonyl (C=O) groups excluding carboxylic acids is 3. The molecular formula is C26H26FN3O4. The zero-order chi connectivity index (χ0) is 24.1. The van der Waals surface area contributed by atoms with E-state index in [4.69, 9.17) is 15.5 Å². The number of hydrogen-bond acceptors (Lipinski definition) is 5. The van der Waals surface area contributed by atoms with E-state index in [0.29, 0.717) is 16.6 Å². The molecule has 1 aliphatic carbocycles. The van der Waals surface area contributed by atoms with Gasteiger partial charge in [0.1, 0.15) is 5.82 Å². The van der Waals surface area contributed by atoms with Gasteiger partial charge in [0.2, 0.25) is 5.91 Å². The van der Waals surface area contributed by atoms with Gasteiger partial charge in [-0.05, 0) is 61.6 Å². The Morgan fingerprint density at radius 1 is 1.00 bits per heavy atom. The summed E-state index contributed by atoms with van der Waals surface area (Å²) in [6.07, 6.45) is 4.47. The normalized spacial score (nSPS) is 13.1. The lowest BCUT2D eigenvalue weighted by molar-refractivity contribution is -0.121. The van der Waals surface area contributed by atoms with E-state index in [0.717, 1.165) is 48.9 Å². The summed E-state index contributed by atoms with van der Waals surface area (Å²) >= 11 is 0. The first kappa shape index (κ1) is 23.4. The van der Waals surface area contributed by atoms with Gasteiger partial charge in [0.25, 0.3) is 5.91 Å². The molecule has 8 heteroatoms. The Labute approximate surface area is 196 Å². The third-order valence-corrected chi connectivity index (χ3v) is 5.97. The quantitative estimate of drug-likeness (QED) is 0.425. The molecule has 2 aromatic carbocycles. The number of halogens is 1. The molecular weight excluding hydrogens is 437 g/mol. The maximum Gasteiger partial charge on any atom is 0.339 e. The van der Waals surface area contributed by atoms with E-state index in [1.54, 1.807) is 0 Å². The molecule has 1 heterocycles. The fourth-order valence-electron chi connectivity index (χ4n) is 4.30. The van der Waals surface area contributed by atoms with Crippen LogP contribution in [0.2, 0.25) is 0 Å². The standard InChI is InChI=1S/C26H26FN3O4/c27-17-10-12-18(13-11-17)30(15-14-23(28)31)24(32)16-34-26(33)25-19-6-2-1-3-8-21(19)29-22-9-5-4-7-20(22)25/h4-5,7,9-13H,1-3,6,8,14-16H2,(H2,28,31). The number of nitrogens with two attached hydrogens (primary N) is 1. The highest BCUT2D eigenvalue weighted by atomic mass is 19.1. The average molecular weight is 464 g/mol. The van der Waals surface area contributed by atoms with Gasteiger partial charge in [0, 0.05) is 29.7 Å². The smallest absolute Gasteiger partial charge is 0.339 e. The predicted octanol–water partition coefficient (Wildman–Crippen LogP) is 3.71. The highest BCUT2D eigenvalue weighted by molar-refractivity contribution is 6.06. The number of anilines is 1. The third kappa shape index (κ3) is 5.22. The van der Waals surface area contributed by atoms with Crippen molar-refractivity contribution < 1.29 is 23.5 Å². The first-order chi connectivity index (χ1) is 16.4. The molecule has 0 saturated carbocycles. The van der Waals surface area contributed by atoms with E-state index >= 15 is 0 Å². The number of fused-ring (bicyclic) bond motifs is 2. The van der Waals surface area contributed by atoms with Gasteiger partial charge in [-0.25, -0.2) is 9.18 Å². The lowest BCUT2D eigenvalue weighted by atomic mass is 9.97. The second-order valence-corrected chi connectivity index (χ2v) is 8.30. The van der Waals surface area contributed by atoms with Crippen LogP contribution in [0.15, 0.2) is 48.5 Å². The molecule has 0 unspecified atom stereocenters. The number of esters is 1. The summed E-state index contributed by atoms with van der Waals surface area (Å²) in [5, 5.41) is 0.699. The van der Waals surface area contributed by atoms with Crippen LogP contribution in [-0.2, 0) is 27.2 Å².